The topological polar surface area (TPSA) is 94.3 Å². The maximum absolute atomic E-state index is 13.4. The van der Waals surface area contributed by atoms with Gasteiger partial charge in [0.05, 0.1) is 24.5 Å². The average molecular weight is 463 g/mol. The zero-order valence-electron chi connectivity index (χ0n) is 18.4. The molecular formula is C24H26N6O2S. The van der Waals surface area contributed by atoms with Crippen LogP contribution in [0.2, 0.25) is 0 Å². The minimum atomic E-state index is -0.160. The van der Waals surface area contributed by atoms with Gasteiger partial charge in [-0.1, -0.05) is 30.3 Å². The lowest BCUT2D eigenvalue weighted by Gasteiger charge is -2.34. The van der Waals surface area contributed by atoms with Crippen molar-refractivity contribution >= 4 is 27.5 Å². The zero-order valence-corrected chi connectivity index (χ0v) is 19.2. The van der Waals surface area contributed by atoms with E-state index < -0.39 is 0 Å². The number of nitrogens with one attached hydrogen (secondary N) is 1. The smallest absolute Gasteiger partial charge is 0.263 e. The Labute approximate surface area is 196 Å². The summed E-state index contributed by atoms with van der Waals surface area (Å²) in [6.07, 6.45) is 2.19. The van der Waals surface area contributed by atoms with Crippen molar-refractivity contribution in [2.75, 3.05) is 32.7 Å². The van der Waals surface area contributed by atoms with Crippen LogP contribution in [0.1, 0.15) is 18.7 Å². The molecule has 0 bridgehead atoms. The monoisotopic (exact) mass is 462 g/mol. The highest BCUT2D eigenvalue weighted by molar-refractivity contribution is 7.17. The fourth-order valence-electron chi connectivity index (χ4n) is 4.26. The molecule has 1 N–H and O–H groups in total. The predicted octanol–water partition coefficient (Wildman–Crippen LogP) is 2.04. The van der Waals surface area contributed by atoms with Gasteiger partial charge >= 0.3 is 0 Å². The molecular weight excluding hydrogens is 436 g/mol. The van der Waals surface area contributed by atoms with Crippen molar-refractivity contribution in [1.29, 1.82) is 5.26 Å². The lowest BCUT2D eigenvalue weighted by atomic mass is 10.1. The predicted molar refractivity (Wildman–Crippen MR) is 128 cm³/mol. The van der Waals surface area contributed by atoms with Crippen LogP contribution >= 0.6 is 11.3 Å². The van der Waals surface area contributed by atoms with Crippen LogP contribution < -0.4 is 10.9 Å². The number of thiophene rings is 1. The molecule has 1 aliphatic carbocycles. The van der Waals surface area contributed by atoms with E-state index >= 15 is 0 Å². The molecule has 170 valence electrons. The Balaban J connectivity index is 1.33. The van der Waals surface area contributed by atoms with Crippen LogP contribution in [0.3, 0.4) is 0 Å². The van der Waals surface area contributed by atoms with E-state index in [1.54, 1.807) is 0 Å². The van der Waals surface area contributed by atoms with Crippen LogP contribution in [-0.4, -0.2) is 64.0 Å². The number of fused-ring (bicyclic) bond motifs is 1. The number of nitrogens with zero attached hydrogens (tertiary/aromatic N) is 5. The van der Waals surface area contributed by atoms with E-state index in [0.29, 0.717) is 35.2 Å². The fraction of sp³-hybridized carbons (Fsp3) is 0.417. The number of rotatable bonds is 7. The summed E-state index contributed by atoms with van der Waals surface area (Å²) in [6, 6.07) is 12.3. The molecule has 2 aliphatic rings. The summed E-state index contributed by atoms with van der Waals surface area (Å²) >= 11 is 1.46. The van der Waals surface area contributed by atoms with E-state index in [2.05, 4.69) is 21.2 Å². The first-order chi connectivity index (χ1) is 16.1. The number of amides is 1. The zero-order chi connectivity index (χ0) is 22.8. The highest BCUT2D eigenvalue weighted by Gasteiger charge is 2.26. The van der Waals surface area contributed by atoms with Crippen molar-refractivity contribution in [3.8, 4) is 17.2 Å². The minimum absolute atomic E-state index is 0.0253. The average Bonchev–Trinajstić information content (AvgIpc) is 3.53. The van der Waals surface area contributed by atoms with Gasteiger partial charge < -0.3 is 5.32 Å². The van der Waals surface area contributed by atoms with Gasteiger partial charge in [0.2, 0.25) is 5.91 Å². The number of piperazine rings is 1. The molecule has 0 unspecified atom stereocenters. The second-order valence-electron chi connectivity index (χ2n) is 8.67. The Kier molecular flexibility index (Phi) is 6.22. The lowest BCUT2D eigenvalue weighted by molar-refractivity contribution is -0.122. The Hall–Kier alpha value is -3.06. The molecule has 1 saturated carbocycles. The van der Waals surface area contributed by atoms with Gasteiger partial charge in [-0.3, -0.25) is 24.0 Å². The molecule has 3 heterocycles. The highest BCUT2D eigenvalue weighted by Crippen LogP contribution is 2.31. The normalized spacial score (nSPS) is 17.2. The summed E-state index contributed by atoms with van der Waals surface area (Å²) in [4.78, 5) is 35.4. The van der Waals surface area contributed by atoms with Crippen molar-refractivity contribution in [3.05, 3.63) is 51.9 Å². The number of hydrogen-bond donors (Lipinski definition) is 1. The number of carbonyl (C=O) groups is 1. The molecule has 3 aromatic rings. The van der Waals surface area contributed by atoms with Crippen LogP contribution in [0.25, 0.3) is 21.3 Å². The first kappa shape index (κ1) is 21.8. The molecule has 2 fully saturated rings. The number of nitriles is 1. The molecule has 1 amide bonds. The molecule has 1 saturated heterocycles. The Morgan fingerprint density at radius 2 is 1.88 bits per heavy atom. The van der Waals surface area contributed by atoms with Crippen LogP contribution in [0, 0.1) is 11.3 Å². The van der Waals surface area contributed by atoms with Gasteiger partial charge in [-0.05, 0) is 18.4 Å². The summed E-state index contributed by atoms with van der Waals surface area (Å²) in [6.45, 7) is 4.08. The van der Waals surface area contributed by atoms with Crippen molar-refractivity contribution in [1.82, 2.24) is 24.7 Å². The van der Waals surface area contributed by atoms with E-state index in [0.717, 1.165) is 50.1 Å². The molecule has 5 rings (SSSR count). The molecule has 2 aromatic heterocycles. The van der Waals surface area contributed by atoms with Gasteiger partial charge in [0, 0.05) is 43.2 Å². The molecule has 33 heavy (non-hydrogen) atoms. The highest BCUT2D eigenvalue weighted by atomic mass is 32.1. The summed E-state index contributed by atoms with van der Waals surface area (Å²) in [7, 11) is 0. The maximum atomic E-state index is 13.4. The molecule has 9 heteroatoms. The number of benzene rings is 1. The van der Waals surface area contributed by atoms with Crippen LogP contribution in [0.15, 0.2) is 40.5 Å². The Morgan fingerprint density at radius 1 is 1.15 bits per heavy atom. The van der Waals surface area contributed by atoms with E-state index in [9.17, 15) is 14.9 Å². The summed E-state index contributed by atoms with van der Waals surface area (Å²) in [5, 5.41) is 15.0. The fourth-order valence-corrected chi connectivity index (χ4v) is 5.22. The largest absolute Gasteiger partial charge is 0.352 e. The molecule has 1 aliphatic heterocycles. The molecule has 1 aromatic carbocycles. The van der Waals surface area contributed by atoms with Crippen LogP contribution in [0.4, 0.5) is 0 Å². The van der Waals surface area contributed by atoms with Gasteiger partial charge in [0.1, 0.15) is 17.2 Å². The number of carbonyl (C=O) groups excluding carboxylic acids is 1. The van der Waals surface area contributed by atoms with Crippen molar-refractivity contribution in [2.45, 2.75) is 32.0 Å². The Bertz CT molecular complexity index is 1250. The Morgan fingerprint density at radius 3 is 2.58 bits per heavy atom. The van der Waals surface area contributed by atoms with E-state index in [-0.39, 0.29) is 18.0 Å². The van der Waals surface area contributed by atoms with Gasteiger partial charge in [-0.25, -0.2) is 4.98 Å². The van der Waals surface area contributed by atoms with Gasteiger partial charge in [0.25, 0.3) is 5.56 Å². The first-order valence-corrected chi connectivity index (χ1v) is 12.2. The van der Waals surface area contributed by atoms with E-state index in [4.69, 9.17) is 4.98 Å². The number of hydrogen-bond acceptors (Lipinski definition) is 7. The second kappa shape index (κ2) is 9.43. The van der Waals surface area contributed by atoms with Crippen molar-refractivity contribution in [2.24, 2.45) is 0 Å². The third-order valence-corrected chi connectivity index (χ3v) is 7.10. The SMILES string of the molecule is N#CCn1c(CN2CCN(CC(=O)NC3CC3)CC2)nc2scc(-c3ccccc3)c2c1=O. The maximum Gasteiger partial charge on any atom is 0.263 e. The first-order valence-electron chi connectivity index (χ1n) is 11.3. The standard InChI is InChI=1S/C24H26N6O2S/c25-8-9-30-20(14-28-10-12-29(13-11-28)15-21(31)26-18-6-7-18)27-23-22(24(30)32)19(16-33-23)17-4-2-1-3-5-17/h1-5,16,18H,6-7,9-15H2,(H,26,31). The second-order valence-corrected chi connectivity index (χ2v) is 9.53. The third kappa shape index (κ3) is 4.83. The van der Waals surface area contributed by atoms with Crippen LogP contribution in [0.5, 0.6) is 0 Å². The molecule has 0 atom stereocenters. The van der Waals surface area contributed by atoms with Gasteiger partial charge in [0.15, 0.2) is 0 Å². The van der Waals surface area contributed by atoms with Gasteiger partial charge in [-0.15, -0.1) is 11.3 Å². The summed E-state index contributed by atoms with van der Waals surface area (Å²) < 4.78 is 1.51. The summed E-state index contributed by atoms with van der Waals surface area (Å²) in [5.41, 5.74) is 1.68. The minimum Gasteiger partial charge on any atom is -0.352 e. The van der Waals surface area contributed by atoms with E-state index in [1.807, 2.05) is 35.7 Å². The third-order valence-electron chi connectivity index (χ3n) is 6.23. The van der Waals surface area contributed by atoms with E-state index in [1.165, 1.54) is 15.9 Å². The van der Waals surface area contributed by atoms with Crippen molar-refractivity contribution < 1.29 is 4.79 Å². The van der Waals surface area contributed by atoms with Gasteiger partial charge in [-0.2, -0.15) is 5.26 Å². The quantitative estimate of drug-likeness (QED) is 0.578. The lowest BCUT2D eigenvalue weighted by Crippen LogP contribution is -2.49. The number of aromatic nitrogens is 2. The van der Waals surface area contributed by atoms with Crippen LogP contribution in [-0.2, 0) is 17.9 Å². The molecule has 0 radical (unpaired) electrons. The summed E-state index contributed by atoms with van der Waals surface area (Å²) in [5.74, 6) is 0.725. The molecule has 8 nitrogen and oxygen atoms in total. The van der Waals surface area contributed by atoms with Crippen molar-refractivity contribution in [3.63, 3.8) is 0 Å². The molecule has 0 spiro atoms.